The highest BCUT2D eigenvalue weighted by molar-refractivity contribution is 5.89. The fourth-order valence-electron chi connectivity index (χ4n) is 7.99. The van der Waals surface area contributed by atoms with Crippen molar-refractivity contribution in [2.24, 2.45) is 33.7 Å². The van der Waals surface area contributed by atoms with Crippen LogP contribution in [0.4, 0.5) is 0 Å². The van der Waals surface area contributed by atoms with Gasteiger partial charge in [-0.15, -0.1) is 0 Å². The number of aliphatic imine (C=N–C) groups is 2. The molecular formula is C25H35N3O2. The predicted molar refractivity (Wildman–Crippen MR) is 117 cm³/mol. The van der Waals surface area contributed by atoms with Crippen LogP contribution in [-0.2, 0) is 9.47 Å². The van der Waals surface area contributed by atoms with E-state index in [4.69, 9.17) is 19.5 Å². The number of hydrogen-bond donors (Lipinski definition) is 1. The fourth-order valence-corrected chi connectivity index (χ4v) is 7.99. The number of fused-ring (bicyclic) bond motifs is 6. The highest BCUT2D eigenvalue weighted by Crippen LogP contribution is 2.48. The zero-order valence-corrected chi connectivity index (χ0v) is 17.9. The van der Waals surface area contributed by atoms with Crippen molar-refractivity contribution in [3.8, 4) is 0 Å². The molecule has 1 N–H and O–H groups in total. The third-order valence-corrected chi connectivity index (χ3v) is 9.39. The van der Waals surface area contributed by atoms with E-state index in [2.05, 4.69) is 17.5 Å². The Balaban J connectivity index is 1.05. The molecule has 4 aliphatic carbocycles. The van der Waals surface area contributed by atoms with Gasteiger partial charge in [0.2, 0.25) is 11.8 Å². The molecule has 162 valence electrons. The molecule has 0 aromatic heterocycles. The van der Waals surface area contributed by atoms with Gasteiger partial charge in [0.15, 0.2) is 0 Å². The van der Waals surface area contributed by atoms with Crippen molar-refractivity contribution in [2.75, 3.05) is 0 Å². The molecule has 3 heterocycles. The van der Waals surface area contributed by atoms with E-state index in [9.17, 15) is 0 Å². The van der Waals surface area contributed by atoms with Crippen molar-refractivity contribution in [3.63, 3.8) is 0 Å². The quantitative estimate of drug-likeness (QED) is 0.701. The molecular weight excluding hydrogens is 374 g/mol. The molecule has 10 atom stereocenters. The van der Waals surface area contributed by atoms with E-state index in [1.807, 2.05) is 0 Å². The second-order valence-corrected chi connectivity index (χ2v) is 11.0. The lowest BCUT2D eigenvalue weighted by atomic mass is 9.80. The van der Waals surface area contributed by atoms with Crippen LogP contribution in [-0.4, -0.2) is 48.2 Å². The standard InChI is InChI=1S/C25H35N3O2/c1-3-8-16-14(6-1)12-20-22(16)27-24(29-20)18-10-5-11-19(26-18)25-28-23-17-9-4-2-7-15(17)13-21(23)30-25/h5,10,14-23,26H,1-4,6-9,11-13H2. The molecule has 4 fully saturated rings. The smallest absolute Gasteiger partial charge is 0.205 e. The third kappa shape index (κ3) is 2.83. The maximum absolute atomic E-state index is 6.45. The Kier molecular flexibility index (Phi) is 4.30. The Bertz CT molecular complexity index is 791. The van der Waals surface area contributed by atoms with E-state index in [0.29, 0.717) is 24.3 Å². The Hall–Kier alpha value is -1.36. The van der Waals surface area contributed by atoms with Crippen molar-refractivity contribution < 1.29 is 9.47 Å². The van der Waals surface area contributed by atoms with Crippen molar-refractivity contribution in [1.29, 1.82) is 0 Å². The SMILES string of the molecule is C1=CC(C2=NC3C(CC4CCCCC43)O2)NC(C2=NC3C(CC4CCCCC43)O2)C1. The summed E-state index contributed by atoms with van der Waals surface area (Å²) in [6.07, 6.45) is 19.6. The highest BCUT2D eigenvalue weighted by Gasteiger charge is 2.51. The zero-order chi connectivity index (χ0) is 19.7. The number of nitrogens with zero attached hydrogens (tertiary/aromatic N) is 2. The largest absolute Gasteiger partial charge is 0.474 e. The molecule has 3 aliphatic heterocycles. The number of hydrogen-bond acceptors (Lipinski definition) is 5. The molecule has 0 aromatic carbocycles. The van der Waals surface area contributed by atoms with E-state index in [1.165, 1.54) is 64.2 Å². The molecule has 0 aromatic rings. The van der Waals surface area contributed by atoms with Crippen molar-refractivity contribution in [1.82, 2.24) is 5.32 Å². The Morgan fingerprint density at radius 1 is 0.767 bits per heavy atom. The van der Waals surface area contributed by atoms with Gasteiger partial charge in [-0.05, 0) is 68.6 Å². The maximum atomic E-state index is 6.45. The third-order valence-electron chi connectivity index (χ3n) is 9.39. The summed E-state index contributed by atoms with van der Waals surface area (Å²) in [5, 5.41) is 3.76. The molecule has 7 aliphatic rings. The summed E-state index contributed by atoms with van der Waals surface area (Å²) >= 11 is 0. The van der Waals surface area contributed by atoms with Gasteiger partial charge < -0.3 is 9.47 Å². The second kappa shape index (κ2) is 7.08. The first kappa shape index (κ1) is 18.2. The summed E-state index contributed by atoms with van der Waals surface area (Å²) in [7, 11) is 0. The van der Waals surface area contributed by atoms with E-state index in [1.54, 1.807) is 0 Å². The van der Waals surface area contributed by atoms with Crippen molar-refractivity contribution in [3.05, 3.63) is 12.2 Å². The average Bonchev–Trinajstić information content (AvgIpc) is 3.52. The van der Waals surface area contributed by atoms with Crippen LogP contribution < -0.4 is 5.32 Å². The first-order valence-electron chi connectivity index (χ1n) is 12.7. The molecule has 30 heavy (non-hydrogen) atoms. The summed E-state index contributed by atoms with van der Waals surface area (Å²) in [4.78, 5) is 10.3. The number of nitrogens with one attached hydrogen (secondary N) is 1. The topological polar surface area (TPSA) is 55.2 Å². The monoisotopic (exact) mass is 409 g/mol. The average molecular weight is 410 g/mol. The van der Waals surface area contributed by atoms with Crippen LogP contribution in [0.15, 0.2) is 22.1 Å². The van der Waals surface area contributed by atoms with Gasteiger partial charge in [-0.3, -0.25) is 5.32 Å². The van der Waals surface area contributed by atoms with Crippen molar-refractivity contribution >= 4 is 11.8 Å². The fraction of sp³-hybridized carbons (Fsp3) is 0.840. The van der Waals surface area contributed by atoms with Gasteiger partial charge in [0.1, 0.15) is 18.2 Å². The van der Waals surface area contributed by atoms with Gasteiger partial charge in [0.25, 0.3) is 0 Å². The van der Waals surface area contributed by atoms with Crippen LogP contribution >= 0.6 is 0 Å². The van der Waals surface area contributed by atoms with E-state index < -0.39 is 0 Å². The molecule has 5 nitrogen and oxygen atoms in total. The van der Waals surface area contributed by atoms with Crippen LogP contribution in [0.1, 0.15) is 70.6 Å². The van der Waals surface area contributed by atoms with E-state index in [-0.39, 0.29) is 12.1 Å². The van der Waals surface area contributed by atoms with Gasteiger partial charge in [-0.2, -0.15) is 0 Å². The van der Waals surface area contributed by atoms with Crippen LogP contribution in [0.3, 0.4) is 0 Å². The minimum absolute atomic E-state index is 0.0746. The Morgan fingerprint density at radius 3 is 2.07 bits per heavy atom. The molecule has 10 unspecified atom stereocenters. The summed E-state index contributed by atoms with van der Waals surface area (Å²) < 4.78 is 12.9. The summed E-state index contributed by atoms with van der Waals surface area (Å²) in [5.74, 6) is 5.10. The summed E-state index contributed by atoms with van der Waals surface area (Å²) in [6, 6.07) is 1.06. The first-order chi connectivity index (χ1) is 14.8. The first-order valence-corrected chi connectivity index (χ1v) is 12.7. The molecule has 4 saturated carbocycles. The molecule has 7 rings (SSSR count). The van der Waals surface area contributed by atoms with Gasteiger partial charge >= 0.3 is 0 Å². The van der Waals surface area contributed by atoms with Crippen LogP contribution in [0.2, 0.25) is 0 Å². The minimum atomic E-state index is 0.0746. The molecule has 0 bridgehead atoms. The summed E-state index contributed by atoms with van der Waals surface area (Å²) in [5.41, 5.74) is 0. The van der Waals surface area contributed by atoms with Crippen LogP contribution in [0.5, 0.6) is 0 Å². The van der Waals surface area contributed by atoms with Gasteiger partial charge in [0, 0.05) is 0 Å². The Morgan fingerprint density at radius 2 is 1.37 bits per heavy atom. The van der Waals surface area contributed by atoms with Gasteiger partial charge in [-0.1, -0.05) is 37.8 Å². The molecule has 0 radical (unpaired) electrons. The molecule has 0 amide bonds. The minimum Gasteiger partial charge on any atom is -0.474 e. The normalized spacial score (nSPS) is 51.2. The Labute approximate surface area is 179 Å². The van der Waals surface area contributed by atoms with Gasteiger partial charge in [0.05, 0.1) is 18.1 Å². The summed E-state index contributed by atoms with van der Waals surface area (Å²) in [6.45, 7) is 0. The van der Waals surface area contributed by atoms with E-state index >= 15 is 0 Å². The van der Waals surface area contributed by atoms with Crippen LogP contribution in [0.25, 0.3) is 0 Å². The van der Waals surface area contributed by atoms with Crippen molar-refractivity contribution in [2.45, 2.75) is 107 Å². The lowest BCUT2D eigenvalue weighted by molar-refractivity contribution is 0.187. The number of ether oxygens (including phenoxy) is 2. The van der Waals surface area contributed by atoms with Crippen LogP contribution in [0, 0.1) is 23.7 Å². The van der Waals surface area contributed by atoms with E-state index in [0.717, 1.165) is 41.9 Å². The lowest BCUT2D eigenvalue weighted by Crippen LogP contribution is -2.49. The lowest BCUT2D eigenvalue weighted by Gasteiger charge is -2.29. The maximum Gasteiger partial charge on any atom is 0.205 e. The number of rotatable bonds is 2. The zero-order valence-electron chi connectivity index (χ0n) is 17.9. The highest BCUT2D eigenvalue weighted by atomic mass is 16.5. The molecule has 5 heteroatoms. The molecule has 0 saturated heterocycles. The second-order valence-electron chi connectivity index (χ2n) is 11.0. The molecule has 0 spiro atoms. The predicted octanol–water partition coefficient (Wildman–Crippen LogP) is 4.03. The van der Waals surface area contributed by atoms with Gasteiger partial charge in [-0.25, -0.2) is 9.98 Å².